The maximum absolute atomic E-state index is 12.8. The third-order valence-electron chi connectivity index (χ3n) is 5.66. The molecule has 194 valence electrons. The fraction of sp³-hybridized carbons (Fsp3) is 0.458. The van der Waals surface area contributed by atoms with E-state index >= 15 is 0 Å². The highest BCUT2D eigenvalue weighted by atomic mass is 32.2. The number of carboxylic acid groups (broad SMARTS) is 2. The number of unbranched alkanes of at least 4 members (excludes halogenated alkanes) is 1. The van der Waals surface area contributed by atoms with E-state index in [4.69, 9.17) is 10.2 Å². The number of aliphatic carboxylic acids is 2. The molecule has 0 atom stereocenters. The fourth-order valence-electron chi connectivity index (χ4n) is 3.89. The summed E-state index contributed by atoms with van der Waals surface area (Å²) in [7, 11) is 0. The van der Waals surface area contributed by atoms with Crippen molar-refractivity contribution >= 4 is 46.9 Å². The molecule has 2 aliphatic rings. The SMILES string of the molecule is Cc1cc2c(s1)SCCN(CCCCN1CCN(c3ncccn3)CC1)C2=O.O=C(O)/C=C/C(=O)O. The van der Waals surface area contributed by atoms with Crippen LogP contribution in [0.1, 0.15) is 28.1 Å². The lowest BCUT2D eigenvalue weighted by molar-refractivity contribution is -0.134. The molecule has 4 rings (SSSR count). The summed E-state index contributed by atoms with van der Waals surface area (Å²) >= 11 is 3.58. The van der Waals surface area contributed by atoms with Crippen LogP contribution < -0.4 is 4.90 Å². The van der Waals surface area contributed by atoms with Gasteiger partial charge in [0.15, 0.2) is 0 Å². The van der Waals surface area contributed by atoms with E-state index in [-0.39, 0.29) is 5.91 Å². The van der Waals surface area contributed by atoms with Crippen LogP contribution in [0.2, 0.25) is 0 Å². The summed E-state index contributed by atoms with van der Waals surface area (Å²) < 4.78 is 1.20. The third-order valence-corrected chi connectivity index (χ3v) is 7.98. The first kappa shape index (κ1) is 27.6. The highest BCUT2D eigenvalue weighted by Crippen LogP contribution is 2.34. The first-order chi connectivity index (χ1) is 17.3. The topological polar surface area (TPSA) is 127 Å². The van der Waals surface area contributed by atoms with Crippen molar-refractivity contribution in [1.29, 1.82) is 0 Å². The molecule has 1 saturated heterocycles. The van der Waals surface area contributed by atoms with Gasteiger partial charge < -0.3 is 20.0 Å². The van der Waals surface area contributed by atoms with Crippen LogP contribution in [-0.4, -0.2) is 99.4 Å². The quantitative estimate of drug-likeness (QED) is 0.386. The minimum absolute atomic E-state index is 0.223. The highest BCUT2D eigenvalue weighted by molar-refractivity contribution is 8.01. The number of thiophene rings is 1. The largest absolute Gasteiger partial charge is 0.478 e. The molecule has 0 aromatic carbocycles. The summed E-state index contributed by atoms with van der Waals surface area (Å²) in [4.78, 5) is 48.7. The van der Waals surface area contributed by atoms with Crippen LogP contribution >= 0.6 is 23.1 Å². The standard InChI is InChI=1S/C20H27N5OS2.C4H4O4/c1-16-15-17-18(26)24(13-14-27-19(17)28-16)8-3-2-7-23-9-11-25(12-10-23)20-21-5-4-6-22-20;5-3(6)1-2-4(7)8/h4-6,15H,2-3,7-14H2,1H3;1-2H,(H,5,6)(H,7,8)/b;2-1+. The van der Waals surface area contributed by atoms with Crippen LogP contribution in [0, 0.1) is 6.92 Å². The Morgan fingerprint density at radius 3 is 2.28 bits per heavy atom. The van der Waals surface area contributed by atoms with Gasteiger partial charge in [-0.3, -0.25) is 9.69 Å². The number of carboxylic acids is 2. The number of aromatic nitrogens is 2. The second-order valence-electron chi connectivity index (χ2n) is 8.29. The number of anilines is 1. The van der Waals surface area contributed by atoms with E-state index < -0.39 is 11.9 Å². The number of piperazine rings is 1. The van der Waals surface area contributed by atoms with Crippen molar-refractivity contribution in [1.82, 2.24) is 19.8 Å². The Bertz CT molecular complexity index is 1040. The minimum atomic E-state index is -1.26. The van der Waals surface area contributed by atoms with Crippen molar-refractivity contribution in [3.05, 3.63) is 47.1 Å². The molecule has 2 aromatic heterocycles. The van der Waals surface area contributed by atoms with E-state index in [0.717, 1.165) is 75.9 Å². The van der Waals surface area contributed by atoms with Gasteiger partial charge in [-0.2, -0.15) is 0 Å². The van der Waals surface area contributed by atoms with Gasteiger partial charge in [-0.15, -0.1) is 23.1 Å². The molecule has 0 bridgehead atoms. The van der Waals surface area contributed by atoms with E-state index in [2.05, 4.69) is 37.7 Å². The predicted octanol–water partition coefficient (Wildman–Crippen LogP) is 2.71. The van der Waals surface area contributed by atoms with Gasteiger partial charge in [0.05, 0.1) is 9.77 Å². The highest BCUT2D eigenvalue weighted by Gasteiger charge is 2.24. The molecule has 0 unspecified atom stereocenters. The van der Waals surface area contributed by atoms with Gasteiger partial charge in [-0.25, -0.2) is 19.6 Å². The molecule has 10 nitrogen and oxygen atoms in total. The zero-order chi connectivity index (χ0) is 25.9. The Morgan fingerprint density at radius 1 is 1.00 bits per heavy atom. The number of carbonyl (C=O) groups is 3. The number of thioether (sulfide) groups is 1. The van der Waals surface area contributed by atoms with Crippen molar-refractivity contribution in [2.75, 3.05) is 56.5 Å². The number of carbonyl (C=O) groups excluding carboxylic acids is 1. The summed E-state index contributed by atoms with van der Waals surface area (Å²) in [6.07, 6.45) is 6.92. The molecule has 0 aliphatic carbocycles. The number of fused-ring (bicyclic) bond motifs is 1. The molecule has 2 N–H and O–H groups in total. The van der Waals surface area contributed by atoms with Crippen molar-refractivity contribution in [2.45, 2.75) is 24.0 Å². The monoisotopic (exact) mass is 533 g/mol. The van der Waals surface area contributed by atoms with E-state index in [1.54, 1.807) is 23.7 Å². The number of aryl methyl sites for hydroxylation is 1. The second kappa shape index (κ2) is 14.0. The van der Waals surface area contributed by atoms with Crippen LogP contribution in [-0.2, 0) is 9.59 Å². The molecule has 0 spiro atoms. The summed E-state index contributed by atoms with van der Waals surface area (Å²) in [5.41, 5.74) is 0.921. The molecular formula is C24H31N5O5S2. The number of hydrogen-bond acceptors (Lipinski definition) is 9. The van der Waals surface area contributed by atoms with E-state index in [1.807, 2.05) is 17.8 Å². The Kier molecular flexibility index (Phi) is 10.7. The first-order valence-electron chi connectivity index (χ1n) is 11.7. The lowest BCUT2D eigenvalue weighted by Gasteiger charge is -2.34. The summed E-state index contributed by atoms with van der Waals surface area (Å²) in [6.45, 7) is 8.97. The normalized spacial score (nSPS) is 16.3. The zero-order valence-electron chi connectivity index (χ0n) is 20.2. The molecule has 1 amide bonds. The van der Waals surface area contributed by atoms with Gasteiger partial charge in [0, 0.05) is 74.4 Å². The molecule has 1 fully saturated rings. The summed E-state index contributed by atoms with van der Waals surface area (Å²) in [5, 5.41) is 15.6. The molecule has 36 heavy (non-hydrogen) atoms. The molecular weight excluding hydrogens is 502 g/mol. The average molecular weight is 534 g/mol. The minimum Gasteiger partial charge on any atom is -0.478 e. The molecule has 2 aliphatic heterocycles. The van der Waals surface area contributed by atoms with Crippen molar-refractivity contribution in [3.8, 4) is 0 Å². The Morgan fingerprint density at radius 2 is 1.64 bits per heavy atom. The van der Waals surface area contributed by atoms with E-state index in [0.29, 0.717) is 12.2 Å². The van der Waals surface area contributed by atoms with Gasteiger partial charge in [0.2, 0.25) is 5.95 Å². The second-order valence-corrected chi connectivity index (χ2v) is 10.9. The summed E-state index contributed by atoms with van der Waals surface area (Å²) in [5.74, 6) is -0.453. The average Bonchev–Trinajstić information content (AvgIpc) is 3.18. The smallest absolute Gasteiger partial charge is 0.328 e. The zero-order valence-corrected chi connectivity index (χ0v) is 21.8. The van der Waals surface area contributed by atoms with Crippen LogP contribution in [0.4, 0.5) is 5.95 Å². The van der Waals surface area contributed by atoms with Gasteiger partial charge in [-0.1, -0.05) is 0 Å². The van der Waals surface area contributed by atoms with Crippen molar-refractivity contribution < 1.29 is 24.6 Å². The van der Waals surface area contributed by atoms with Gasteiger partial charge >= 0.3 is 11.9 Å². The Labute approximate surface area is 218 Å². The number of amides is 1. The molecule has 12 heteroatoms. The lowest BCUT2D eigenvalue weighted by atomic mass is 10.2. The van der Waals surface area contributed by atoms with E-state index in [1.165, 1.54) is 9.09 Å². The number of nitrogens with zero attached hydrogens (tertiary/aromatic N) is 5. The lowest BCUT2D eigenvalue weighted by Crippen LogP contribution is -2.47. The maximum atomic E-state index is 12.8. The Balaban J connectivity index is 0.000000392. The molecule has 4 heterocycles. The van der Waals surface area contributed by atoms with Gasteiger partial charge in [0.25, 0.3) is 5.91 Å². The fourth-order valence-corrected chi connectivity index (χ4v) is 6.29. The number of hydrogen-bond donors (Lipinski definition) is 2. The third kappa shape index (κ3) is 8.61. The molecule has 0 saturated carbocycles. The Hall–Kier alpha value is -2.96. The van der Waals surface area contributed by atoms with Crippen LogP contribution in [0.3, 0.4) is 0 Å². The molecule has 0 radical (unpaired) electrons. The first-order valence-corrected chi connectivity index (χ1v) is 13.5. The van der Waals surface area contributed by atoms with Crippen LogP contribution in [0.5, 0.6) is 0 Å². The van der Waals surface area contributed by atoms with Gasteiger partial charge in [0.1, 0.15) is 0 Å². The van der Waals surface area contributed by atoms with Crippen LogP contribution in [0.25, 0.3) is 0 Å². The number of rotatable bonds is 8. The van der Waals surface area contributed by atoms with Crippen molar-refractivity contribution in [3.63, 3.8) is 0 Å². The van der Waals surface area contributed by atoms with E-state index in [9.17, 15) is 14.4 Å². The van der Waals surface area contributed by atoms with Gasteiger partial charge in [-0.05, 0) is 38.4 Å². The molecule has 2 aromatic rings. The van der Waals surface area contributed by atoms with Crippen LogP contribution in [0.15, 0.2) is 40.9 Å². The van der Waals surface area contributed by atoms with Crippen molar-refractivity contribution in [2.24, 2.45) is 0 Å². The summed E-state index contributed by atoms with van der Waals surface area (Å²) in [6, 6.07) is 3.91. The predicted molar refractivity (Wildman–Crippen MR) is 140 cm³/mol. The maximum Gasteiger partial charge on any atom is 0.328 e.